The maximum atomic E-state index is 11.4. The highest BCUT2D eigenvalue weighted by Crippen LogP contribution is 2.33. The van der Waals surface area contributed by atoms with Gasteiger partial charge in [0.15, 0.2) is 5.75 Å². The van der Waals surface area contributed by atoms with Crippen molar-refractivity contribution in [3.63, 3.8) is 0 Å². The van der Waals surface area contributed by atoms with Crippen LogP contribution in [0.1, 0.15) is 6.92 Å². The molecule has 0 aromatic heterocycles. The Labute approximate surface area is 146 Å². The van der Waals surface area contributed by atoms with Crippen molar-refractivity contribution in [3.8, 4) is 11.5 Å². The zero-order valence-corrected chi connectivity index (χ0v) is 14.3. The van der Waals surface area contributed by atoms with Crippen molar-refractivity contribution >= 4 is 17.3 Å². The first-order valence-corrected chi connectivity index (χ1v) is 7.70. The van der Waals surface area contributed by atoms with Crippen LogP contribution < -0.4 is 9.47 Å². The van der Waals surface area contributed by atoms with E-state index in [4.69, 9.17) is 14.2 Å². The molecule has 0 spiro atoms. The Kier molecular flexibility index (Phi) is 6.71. The van der Waals surface area contributed by atoms with Crippen LogP contribution in [0.2, 0.25) is 0 Å². The second kappa shape index (κ2) is 9.22. The molecule has 0 radical (unpaired) electrons. The van der Waals surface area contributed by atoms with Gasteiger partial charge in [0.25, 0.3) is 0 Å². The molecule has 2 rings (SSSR count). The Balaban J connectivity index is 2.05. The summed E-state index contributed by atoms with van der Waals surface area (Å²) < 4.78 is 15.9. The molecule has 0 saturated heterocycles. The number of hydrogen-bond donors (Lipinski definition) is 0. The van der Waals surface area contributed by atoms with Crippen molar-refractivity contribution < 1.29 is 19.0 Å². The maximum Gasteiger partial charge on any atom is 0.333 e. The first-order valence-electron chi connectivity index (χ1n) is 7.70. The molecule has 0 aliphatic heterocycles. The van der Waals surface area contributed by atoms with Gasteiger partial charge in [0.1, 0.15) is 24.7 Å². The van der Waals surface area contributed by atoms with Crippen molar-refractivity contribution in [2.24, 2.45) is 10.2 Å². The Morgan fingerprint density at radius 2 is 1.84 bits per heavy atom. The van der Waals surface area contributed by atoms with Crippen LogP contribution in [0.5, 0.6) is 11.5 Å². The summed E-state index contributed by atoms with van der Waals surface area (Å²) in [6.07, 6.45) is 0. The Hall–Kier alpha value is -3.15. The predicted octanol–water partition coefficient (Wildman–Crippen LogP) is 4.61. The van der Waals surface area contributed by atoms with Crippen molar-refractivity contribution in [2.75, 3.05) is 20.3 Å². The quantitative estimate of drug-likeness (QED) is 0.304. The average molecular weight is 340 g/mol. The molecule has 130 valence electrons. The molecule has 0 saturated carbocycles. The van der Waals surface area contributed by atoms with E-state index in [9.17, 15) is 4.79 Å². The Morgan fingerprint density at radius 1 is 1.08 bits per heavy atom. The van der Waals surface area contributed by atoms with E-state index < -0.39 is 5.97 Å². The molecular weight excluding hydrogens is 320 g/mol. The van der Waals surface area contributed by atoms with Gasteiger partial charge in [0.05, 0.1) is 12.8 Å². The summed E-state index contributed by atoms with van der Waals surface area (Å²) in [6.45, 7) is 5.40. The van der Waals surface area contributed by atoms with Crippen LogP contribution in [0, 0.1) is 0 Å². The number of carbonyl (C=O) groups excluding carboxylic acids is 1. The molecule has 2 aromatic carbocycles. The first-order chi connectivity index (χ1) is 12.1. The molecule has 25 heavy (non-hydrogen) atoms. The molecule has 0 aliphatic carbocycles. The van der Waals surface area contributed by atoms with Crippen LogP contribution in [-0.2, 0) is 9.53 Å². The Morgan fingerprint density at radius 3 is 2.52 bits per heavy atom. The van der Waals surface area contributed by atoms with Crippen molar-refractivity contribution in [1.82, 2.24) is 0 Å². The number of benzene rings is 2. The number of nitrogens with zero attached hydrogens (tertiary/aromatic N) is 2. The second-order valence-corrected chi connectivity index (χ2v) is 5.13. The first kappa shape index (κ1) is 18.2. The largest absolute Gasteiger partial charge is 0.497 e. The van der Waals surface area contributed by atoms with E-state index in [0.717, 1.165) is 5.69 Å². The normalized spacial score (nSPS) is 10.5. The molecule has 0 fully saturated rings. The highest BCUT2D eigenvalue weighted by atomic mass is 16.6. The lowest BCUT2D eigenvalue weighted by atomic mass is 10.3. The van der Waals surface area contributed by atoms with E-state index in [1.807, 2.05) is 30.3 Å². The lowest BCUT2D eigenvalue weighted by Gasteiger charge is -2.10. The molecule has 0 heterocycles. The fraction of sp³-hybridized carbons (Fsp3) is 0.211. The van der Waals surface area contributed by atoms with Gasteiger partial charge >= 0.3 is 5.97 Å². The zero-order valence-electron chi connectivity index (χ0n) is 14.3. The van der Waals surface area contributed by atoms with E-state index in [0.29, 0.717) is 22.8 Å². The third-order valence-electron chi connectivity index (χ3n) is 3.12. The number of methoxy groups -OCH3 is 1. The van der Waals surface area contributed by atoms with Gasteiger partial charge in [-0.15, -0.1) is 5.11 Å². The summed E-state index contributed by atoms with van der Waals surface area (Å²) in [5.74, 6) is 0.677. The summed E-state index contributed by atoms with van der Waals surface area (Å²) in [6, 6.07) is 14.6. The summed E-state index contributed by atoms with van der Waals surface area (Å²) in [5, 5.41) is 8.40. The topological polar surface area (TPSA) is 69.5 Å². The van der Waals surface area contributed by atoms with Crippen LogP contribution in [0.3, 0.4) is 0 Å². The number of rotatable bonds is 8. The molecule has 6 nitrogen and oxygen atoms in total. The van der Waals surface area contributed by atoms with E-state index in [1.165, 1.54) is 0 Å². The van der Waals surface area contributed by atoms with Crippen LogP contribution in [0.4, 0.5) is 11.4 Å². The molecule has 0 aliphatic rings. The molecule has 0 unspecified atom stereocenters. The van der Waals surface area contributed by atoms with Gasteiger partial charge in [-0.25, -0.2) is 4.79 Å². The standard InChI is InChI=1S/C19H20N2O4/c1-14(2)19(22)25-12-11-24-18-13-16(23-3)9-10-17(18)21-20-15-7-5-4-6-8-15/h4-10,13H,1,11-12H2,2-3H3. The van der Waals surface area contributed by atoms with Crippen LogP contribution in [0.25, 0.3) is 0 Å². The minimum absolute atomic E-state index is 0.109. The maximum absolute atomic E-state index is 11.4. The van der Waals surface area contributed by atoms with E-state index in [2.05, 4.69) is 16.8 Å². The van der Waals surface area contributed by atoms with E-state index in [-0.39, 0.29) is 13.2 Å². The van der Waals surface area contributed by atoms with Crippen molar-refractivity contribution in [2.45, 2.75) is 6.92 Å². The molecule has 0 N–H and O–H groups in total. The fourth-order valence-electron chi connectivity index (χ4n) is 1.84. The number of azo groups is 1. The van der Waals surface area contributed by atoms with Gasteiger partial charge in [0, 0.05) is 11.6 Å². The van der Waals surface area contributed by atoms with Gasteiger partial charge in [-0.2, -0.15) is 5.11 Å². The minimum atomic E-state index is -0.446. The number of hydrogen-bond acceptors (Lipinski definition) is 6. The Bertz CT molecular complexity index is 757. The lowest BCUT2D eigenvalue weighted by Crippen LogP contribution is -2.12. The molecule has 0 bridgehead atoms. The van der Waals surface area contributed by atoms with Crippen LogP contribution in [-0.4, -0.2) is 26.3 Å². The van der Waals surface area contributed by atoms with Crippen molar-refractivity contribution in [3.05, 3.63) is 60.7 Å². The van der Waals surface area contributed by atoms with E-state index in [1.54, 1.807) is 32.2 Å². The average Bonchev–Trinajstić information content (AvgIpc) is 2.64. The highest BCUT2D eigenvalue weighted by Gasteiger charge is 2.07. The smallest absolute Gasteiger partial charge is 0.333 e. The number of carbonyl (C=O) groups is 1. The summed E-state index contributed by atoms with van der Waals surface area (Å²) >= 11 is 0. The third kappa shape index (κ3) is 5.76. The van der Waals surface area contributed by atoms with Crippen molar-refractivity contribution in [1.29, 1.82) is 0 Å². The lowest BCUT2D eigenvalue weighted by molar-refractivity contribution is -0.139. The molecule has 2 aromatic rings. The number of ether oxygens (including phenoxy) is 3. The fourth-order valence-corrected chi connectivity index (χ4v) is 1.84. The van der Waals surface area contributed by atoms with Gasteiger partial charge < -0.3 is 14.2 Å². The molecule has 0 atom stereocenters. The van der Waals surface area contributed by atoms with Gasteiger partial charge in [0.2, 0.25) is 0 Å². The van der Waals surface area contributed by atoms with Gasteiger partial charge in [-0.05, 0) is 31.2 Å². The minimum Gasteiger partial charge on any atom is -0.497 e. The SMILES string of the molecule is C=C(C)C(=O)OCCOc1cc(OC)ccc1N=Nc1ccccc1. The summed E-state index contributed by atoms with van der Waals surface area (Å²) in [4.78, 5) is 11.4. The third-order valence-corrected chi connectivity index (χ3v) is 3.12. The zero-order chi connectivity index (χ0) is 18.1. The van der Waals surface area contributed by atoms with Gasteiger partial charge in [-0.1, -0.05) is 24.8 Å². The molecule has 6 heteroatoms. The molecule has 0 amide bonds. The number of esters is 1. The summed E-state index contributed by atoms with van der Waals surface area (Å²) in [7, 11) is 1.57. The second-order valence-electron chi connectivity index (χ2n) is 5.13. The van der Waals surface area contributed by atoms with Crippen LogP contribution >= 0.6 is 0 Å². The monoisotopic (exact) mass is 340 g/mol. The highest BCUT2D eigenvalue weighted by molar-refractivity contribution is 5.86. The van der Waals surface area contributed by atoms with E-state index >= 15 is 0 Å². The predicted molar refractivity (Wildman–Crippen MR) is 94.9 cm³/mol. The van der Waals surface area contributed by atoms with Crippen LogP contribution in [0.15, 0.2) is 70.9 Å². The van der Waals surface area contributed by atoms with Gasteiger partial charge in [-0.3, -0.25) is 0 Å². The summed E-state index contributed by atoms with van der Waals surface area (Å²) in [5.41, 5.74) is 1.63. The molecular formula is C19H20N2O4.